The number of thiazole rings is 1. The number of nitrogens with zero attached hydrogens (tertiary/aromatic N) is 1. The Morgan fingerprint density at radius 2 is 1.67 bits per heavy atom. The highest BCUT2D eigenvalue weighted by Crippen LogP contribution is 2.43. The van der Waals surface area contributed by atoms with Crippen LogP contribution in [0.5, 0.6) is 17.2 Å². The molecule has 0 atom stereocenters. The second-order valence-electron chi connectivity index (χ2n) is 3.93. The molecule has 0 fully saturated rings. The molecule has 0 aliphatic heterocycles. The van der Waals surface area contributed by atoms with Gasteiger partial charge in [-0.2, -0.15) is 0 Å². The average Bonchev–Trinajstić information content (AvgIpc) is 3.01. The van der Waals surface area contributed by atoms with Crippen molar-refractivity contribution in [1.29, 1.82) is 0 Å². The largest absolute Gasteiger partial charge is 0.496 e. The minimum Gasteiger partial charge on any atom is -0.496 e. The first-order chi connectivity index (χ1) is 10.1. The summed E-state index contributed by atoms with van der Waals surface area (Å²) in [5, 5.41) is 0.603. The van der Waals surface area contributed by atoms with Crippen molar-refractivity contribution in [3.05, 3.63) is 23.2 Å². The summed E-state index contributed by atoms with van der Waals surface area (Å²) in [6, 6.07) is 3.47. The molecule has 0 saturated carbocycles. The Kier molecular flexibility index (Phi) is 4.64. The molecule has 0 aliphatic rings. The first kappa shape index (κ1) is 15.1. The Hall–Kier alpha value is -2.28. The molecule has 0 bridgehead atoms. The lowest BCUT2D eigenvalue weighted by atomic mass is 10.1. The van der Waals surface area contributed by atoms with Gasteiger partial charge in [0.2, 0.25) is 0 Å². The van der Waals surface area contributed by atoms with Gasteiger partial charge in [-0.05, 0) is 0 Å². The van der Waals surface area contributed by atoms with E-state index < -0.39 is 5.97 Å². The van der Waals surface area contributed by atoms with Crippen LogP contribution in [0.15, 0.2) is 18.3 Å². The molecule has 0 saturated heterocycles. The molecule has 0 amide bonds. The molecule has 1 aromatic heterocycles. The predicted molar refractivity (Wildman–Crippen MR) is 78.5 cm³/mol. The number of carbonyl (C=O) groups excluding carboxylic acids is 1. The van der Waals surface area contributed by atoms with Crippen molar-refractivity contribution >= 4 is 17.3 Å². The van der Waals surface area contributed by atoms with Crippen LogP contribution in [-0.2, 0) is 4.74 Å². The summed E-state index contributed by atoms with van der Waals surface area (Å²) in [6.07, 6.45) is 1.47. The third kappa shape index (κ3) is 2.92. The van der Waals surface area contributed by atoms with E-state index in [1.165, 1.54) is 24.6 Å². The maximum atomic E-state index is 11.5. The molecular formula is C14H15NO5S. The van der Waals surface area contributed by atoms with E-state index in [0.717, 1.165) is 0 Å². The van der Waals surface area contributed by atoms with E-state index in [-0.39, 0.29) is 0 Å². The number of benzene rings is 1. The number of methoxy groups -OCH3 is 4. The normalized spacial score (nSPS) is 10.1. The van der Waals surface area contributed by atoms with Gasteiger partial charge in [0.15, 0.2) is 0 Å². The van der Waals surface area contributed by atoms with E-state index in [4.69, 9.17) is 14.2 Å². The van der Waals surface area contributed by atoms with Gasteiger partial charge in [0.05, 0.1) is 40.2 Å². The number of hydrogen-bond acceptors (Lipinski definition) is 7. The topological polar surface area (TPSA) is 66.9 Å². The van der Waals surface area contributed by atoms with Gasteiger partial charge in [0.25, 0.3) is 0 Å². The molecular weight excluding hydrogens is 294 g/mol. The highest BCUT2D eigenvalue weighted by atomic mass is 32.1. The van der Waals surface area contributed by atoms with Gasteiger partial charge >= 0.3 is 5.97 Å². The van der Waals surface area contributed by atoms with E-state index in [1.54, 1.807) is 33.5 Å². The van der Waals surface area contributed by atoms with E-state index in [0.29, 0.717) is 32.7 Å². The third-order valence-electron chi connectivity index (χ3n) is 2.82. The van der Waals surface area contributed by atoms with Gasteiger partial charge in [-0.25, -0.2) is 9.78 Å². The number of esters is 1. The quantitative estimate of drug-likeness (QED) is 0.791. The third-order valence-corrected chi connectivity index (χ3v) is 3.82. The molecule has 21 heavy (non-hydrogen) atoms. The zero-order chi connectivity index (χ0) is 15.4. The number of hydrogen-bond donors (Lipinski definition) is 0. The maximum absolute atomic E-state index is 11.5. The van der Waals surface area contributed by atoms with E-state index >= 15 is 0 Å². The van der Waals surface area contributed by atoms with Crippen LogP contribution < -0.4 is 14.2 Å². The molecule has 0 N–H and O–H groups in total. The van der Waals surface area contributed by atoms with E-state index in [1.807, 2.05) is 0 Å². The fraction of sp³-hybridized carbons (Fsp3) is 0.286. The van der Waals surface area contributed by atoms with Crippen molar-refractivity contribution in [2.24, 2.45) is 0 Å². The SMILES string of the molecule is COC(=O)c1cnc(-c2c(OC)cc(OC)cc2OC)s1. The highest BCUT2D eigenvalue weighted by molar-refractivity contribution is 7.16. The Labute approximate surface area is 126 Å². The summed E-state index contributed by atoms with van der Waals surface area (Å²) in [5.74, 6) is 1.29. The Morgan fingerprint density at radius 3 is 2.14 bits per heavy atom. The van der Waals surface area contributed by atoms with E-state index in [9.17, 15) is 4.79 Å². The predicted octanol–water partition coefficient (Wildman–Crippen LogP) is 2.62. The van der Waals surface area contributed by atoms with Gasteiger partial charge in [-0.3, -0.25) is 0 Å². The molecule has 0 radical (unpaired) electrons. The van der Waals surface area contributed by atoms with Crippen LogP contribution in [0.25, 0.3) is 10.6 Å². The van der Waals surface area contributed by atoms with Gasteiger partial charge in [-0.1, -0.05) is 0 Å². The zero-order valence-corrected chi connectivity index (χ0v) is 12.9. The first-order valence-electron chi connectivity index (χ1n) is 5.99. The Balaban J connectivity index is 2.56. The molecule has 0 spiro atoms. The molecule has 0 aliphatic carbocycles. The molecule has 1 heterocycles. The van der Waals surface area contributed by atoms with Crippen molar-refractivity contribution in [2.45, 2.75) is 0 Å². The number of carbonyl (C=O) groups is 1. The molecule has 2 rings (SSSR count). The summed E-state index contributed by atoms with van der Waals surface area (Å²) in [4.78, 5) is 16.2. The van der Waals surface area contributed by atoms with Gasteiger partial charge in [-0.15, -0.1) is 11.3 Å². The Bertz CT molecular complexity index is 628. The van der Waals surface area contributed by atoms with Crippen molar-refractivity contribution in [1.82, 2.24) is 4.98 Å². The molecule has 112 valence electrons. The first-order valence-corrected chi connectivity index (χ1v) is 6.80. The number of rotatable bonds is 5. The maximum Gasteiger partial charge on any atom is 0.349 e. The summed E-state index contributed by atoms with van der Waals surface area (Å²) in [7, 11) is 5.99. The van der Waals surface area contributed by atoms with Crippen LogP contribution in [0.2, 0.25) is 0 Å². The van der Waals surface area contributed by atoms with Crippen LogP contribution in [-0.4, -0.2) is 39.4 Å². The fourth-order valence-electron chi connectivity index (χ4n) is 1.80. The molecule has 1 aromatic carbocycles. The number of ether oxygens (including phenoxy) is 4. The molecule has 2 aromatic rings. The second-order valence-corrected chi connectivity index (χ2v) is 4.96. The van der Waals surface area contributed by atoms with Crippen LogP contribution in [0, 0.1) is 0 Å². The molecule has 7 heteroatoms. The van der Waals surface area contributed by atoms with Crippen LogP contribution in [0.4, 0.5) is 0 Å². The average molecular weight is 309 g/mol. The lowest BCUT2D eigenvalue weighted by molar-refractivity contribution is 0.0606. The van der Waals surface area contributed by atoms with Crippen molar-refractivity contribution in [3.8, 4) is 27.8 Å². The van der Waals surface area contributed by atoms with Crippen molar-refractivity contribution < 1.29 is 23.7 Å². The standard InChI is InChI=1S/C14H15NO5S/c1-17-8-5-9(18-2)12(10(6-8)19-3)13-15-7-11(21-13)14(16)20-4/h5-7H,1-4H3. The summed E-state index contributed by atoms with van der Waals surface area (Å²) >= 11 is 1.20. The van der Waals surface area contributed by atoms with Gasteiger partial charge in [0, 0.05) is 12.1 Å². The van der Waals surface area contributed by atoms with E-state index in [2.05, 4.69) is 9.72 Å². The lowest BCUT2D eigenvalue weighted by Crippen LogP contribution is -1.96. The smallest absolute Gasteiger partial charge is 0.349 e. The zero-order valence-electron chi connectivity index (χ0n) is 12.1. The van der Waals surface area contributed by atoms with Gasteiger partial charge < -0.3 is 18.9 Å². The number of aromatic nitrogens is 1. The Morgan fingerprint density at radius 1 is 1.05 bits per heavy atom. The second kappa shape index (κ2) is 6.45. The van der Waals surface area contributed by atoms with Crippen LogP contribution >= 0.6 is 11.3 Å². The summed E-state index contributed by atoms with van der Waals surface area (Å²) < 4.78 is 20.6. The lowest BCUT2D eigenvalue weighted by Gasteiger charge is -2.13. The minimum absolute atomic E-state index is 0.410. The highest BCUT2D eigenvalue weighted by Gasteiger charge is 2.20. The van der Waals surface area contributed by atoms with Gasteiger partial charge in [0.1, 0.15) is 27.1 Å². The summed E-state index contributed by atoms with van der Waals surface area (Å²) in [5.41, 5.74) is 0.668. The molecule has 6 nitrogen and oxygen atoms in total. The van der Waals surface area contributed by atoms with Crippen molar-refractivity contribution in [2.75, 3.05) is 28.4 Å². The molecule has 0 unspecified atom stereocenters. The fourth-order valence-corrected chi connectivity index (χ4v) is 2.69. The van der Waals surface area contributed by atoms with Crippen LogP contribution in [0.3, 0.4) is 0 Å². The minimum atomic E-state index is -0.426. The van der Waals surface area contributed by atoms with Crippen molar-refractivity contribution in [3.63, 3.8) is 0 Å². The monoisotopic (exact) mass is 309 g/mol. The summed E-state index contributed by atoms with van der Waals surface area (Å²) in [6.45, 7) is 0. The van der Waals surface area contributed by atoms with Crippen LogP contribution in [0.1, 0.15) is 9.67 Å².